The molecule has 3 rings (SSSR count). The molecule has 3 aromatic rings. The lowest BCUT2D eigenvalue weighted by atomic mass is 9.98. The lowest BCUT2D eigenvalue weighted by Gasteiger charge is -2.12. The SMILES string of the molecule is COC(=O)c1nc(Cl)ccc1-c1ccc(-n2cccn2)cc1C. The van der Waals surface area contributed by atoms with Crippen LogP contribution in [0.4, 0.5) is 0 Å². The van der Waals surface area contributed by atoms with Crippen LogP contribution in [0.2, 0.25) is 5.15 Å². The highest BCUT2D eigenvalue weighted by Crippen LogP contribution is 2.29. The Labute approximate surface area is 138 Å². The maximum atomic E-state index is 12.0. The molecule has 0 bridgehead atoms. The summed E-state index contributed by atoms with van der Waals surface area (Å²) in [4.78, 5) is 16.1. The summed E-state index contributed by atoms with van der Waals surface area (Å²) in [7, 11) is 1.32. The van der Waals surface area contributed by atoms with Gasteiger partial charge < -0.3 is 4.74 Å². The predicted octanol–water partition coefficient (Wildman–Crippen LogP) is 3.68. The highest BCUT2D eigenvalue weighted by molar-refractivity contribution is 6.29. The van der Waals surface area contributed by atoms with Crippen LogP contribution in [0.3, 0.4) is 0 Å². The van der Waals surface area contributed by atoms with Crippen molar-refractivity contribution in [3.8, 4) is 16.8 Å². The Balaban J connectivity index is 2.11. The average Bonchev–Trinajstić information content (AvgIpc) is 3.09. The number of pyridine rings is 1. The van der Waals surface area contributed by atoms with Crippen LogP contribution in [0.15, 0.2) is 48.8 Å². The molecule has 6 heteroatoms. The smallest absolute Gasteiger partial charge is 0.357 e. The number of halogens is 1. The van der Waals surface area contributed by atoms with E-state index in [-0.39, 0.29) is 10.8 Å². The molecule has 2 heterocycles. The van der Waals surface area contributed by atoms with Crippen LogP contribution < -0.4 is 0 Å². The predicted molar refractivity (Wildman–Crippen MR) is 87.9 cm³/mol. The summed E-state index contributed by atoms with van der Waals surface area (Å²) in [5.41, 5.74) is 3.72. The fourth-order valence-electron chi connectivity index (χ4n) is 2.42. The van der Waals surface area contributed by atoms with E-state index >= 15 is 0 Å². The molecule has 23 heavy (non-hydrogen) atoms. The van der Waals surface area contributed by atoms with E-state index in [0.29, 0.717) is 5.56 Å². The molecule has 0 saturated carbocycles. The first-order chi connectivity index (χ1) is 11.1. The first kappa shape index (κ1) is 15.2. The van der Waals surface area contributed by atoms with Gasteiger partial charge in [-0.1, -0.05) is 17.7 Å². The number of benzene rings is 1. The van der Waals surface area contributed by atoms with Gasteiger partial charge in [0.2, 0.25) is 0 Å². The monoisotopic (exact) mass is 327 g/mol. The van der Waals surface area contributed by atoms with Gasteiger partial charge in [0.05, 0.1) is 12.8 Å². The highest BCUT2D eigenvalue weighted by atomic mass is 35.5. The van der Waals surface area contributed by atoms with E-state index in [1.165, 1.54) is 7.11 Å². The number of carbonyl (C=O) groups is 1. The van der Waals surface area contributed by atoms with Gasteiger partial charge in [0, 0.05) is 18.0 Å². The zero-order valence-corrected chi connectivity index (χ0v) is 13.4. The molecule has 0 atom stereocenters. The van der Waals surface area contributed by atoms with E-state index in [9.17, 15) is 4.79 Å². The van der Waals surface area contributed by atoms with E-state index in [1.807, 2.05) is 37.4 Å². The maximum absolute atomic E-state index is 12.0. The molecule has 5 nitrogen and oxygen atoms in total. The Morgan fingerprint density at radius 2 is 2.00 bits per heavy atom. The van der Waals surface area contributed by atoms with Gasteiger partial charge in [-0.05, 0) is 48.4 Å². The number of esters is 1. The summed E-state index contributed by atoms with van der Waals surface area (Å²) in [6, 6.07) is 11.2. The zero-order chi connectivity index (χ0) is 16.4. The zero-order valence-electron chi connectivity index (χ0n) is 12.7. The lowest BCUT2D eigenvalue weighted by Crippen LogP contribution is -2.07. The van der Waals surface area contributed by atoms with E-state index in [0.717, 1.165) is 16.8 Å². The van der Waals surface area contributed by atoms with Crippen molar-refractivity contribution in [3.05, 3.63) is 65.2 Å². The van der Waals surface area contributed by atoms with Crippen molar-refractivity contribution in [2.75, 3.05) is 7.11 Å². The molecule has 0 radical (unpaired) electrons. The maximum Gasteiger partial charge on any atom is 0.357 e. The van der Waals surface area contributed by atoms with E-state index < -0.39 is 5.97 Å². The fraction of sp³-hybridized carbons (Fsp3) is 0.118. The fourth-order valence-corrected chi connectivity index (χ4v) is 2.57. The normalized spacial score (nSPS) is 10.6. The van der Waals surface area contributed by atoms with Crippen molar-refractivity contribution < 1.29 is 9.53 Å². The number of ether oxygens (including phenoxy) is 1. The van der Waals surface area contributed by atoms with Crippen LogP contribution in [0.25, 0.3) is 16.8 Å². The van der Waals surface area contributed by atoms with Crippen LogP contribution >= 0.6 is 11.6 Å². The molecule has 0 aliphatic rings. The van der Waals surface area contributed by atoms with Crippen molar-refractivity contribution >= 4 is 17.6 Å². The molecule has 0 aliphatic heterocycles. The minimum atomic E-state index is -0.516. The Morgan fingerprint density at radius 1 is 1.22 bits per heavy atom. The van der Waals surface area contributed by atoms with Crippen molar-refractivity contribution in [1.29, 1.82) is 0 Å². The van der Waals surface area contributed by atoms with Crippen LogP contribution in [0, 0.1) is 6.92 Å². The van der Waals surface area contributed by atoms with Crippen molar-refractivity contribution in [3.63, 3.8) is 0 Å². The summed E-state index contributed by atoms with van der Waals surface area (Å²) in [5, 5.41) is 4.46. The average molecular weight is 328 g/mol. The molecule has 0 saturated heterocycles. The van der Waals surface area contributed by atoms with Crippen LogP contribution in [0.1, 0.15) is 16.1 Å². The Hall–Kier alpha value is -2.66. The van der Waals surface area contributed by atoms with Gasteiger partial charge in [0.25, 0.3) is 0 Å². The second-order valence-electron chi connectivity index (χ2n) is 4.97. The van der Waals surface area contributed by atoms with Crippen LogP contribution in [0.5, 0.6) is 0 Å². The minimum Gasteiger partial charge on any atom is -0.464 e. The summed E-state index contributed by atoms with van der Waals surface area (Å²) in [6.45, 7) is 1.97. The summed E-state index contributed by atoms with van der Waals surface area (Å²) in [6.07, 6.45) is 3.60. The third-order valence-corrected chi connectivity index (χ3v) is 3.72. The molecule has 0 fully saturated rings. The number of hydrogen-bond donors (Lipinski definition) is 0. The summed E-state index contributed by atoms with van der Waals surface area (Å²) >= 11 is 5.91. The third-order valence-electron chi connectivity index (χ3n) is 3.51. The standard InChI is InChI=1S/C17H14ClN3O2/c1-11-10-12(21-9-3-8-19-21)4-5-13(11)14-6-7-15(18)20-16(14)17(22)23-2/h3-10H,1-2H3. The van der Waals surface area contributed by atoms with E-state index in [1.54, 1.807) is 23.0 Å². The van der Waals surface area contributed by atoms with Gasteiger partial charge >= 0.3 is 5.97 Å². The van der Waals surface area contributed by atoms with Gasteiger partial charge in [0.1, 0.15) is 5.15 Å². The second kappa shape index (κ2) is 6.22. The number of methoxy groups -OCH3 is 1. The second-order valence-corrected chi connectivity index (χ2v) is 5.36. The molecular weight excluding hydrogens is 314 g/mol. The first-order valence-corrected chi connectivity index (χ1v) is 7.34. The van der Waals surface area contributed by atoms with Crippen LogP contribution in [-0.2, 0) is 4.74 Å². The number of hydrogen-bond acceptors (Lipinski definition) is 4. The Morgan fingerprint density at radius 3 is 2.65 bits per heavy atom. The number of nitrogens with zero attached hydrogens (tertiary/aromatic N) is 3. The van der Waals surface area contributed by atoms with E-state index in [4.69, 9.17) is 16.3 Å². The summed E-state index contributed by atoms with van der Waals surface area (Å²) in [5.74, 6) is -0.516. The molecule has 0 N–H and O–H groups in total. The molecular formula is C17H14ClN3O2. The molecule has 116 valence electrons. The van der Waals surface area contributed by atoms with Gasteiger partial charge in [-0.2, -0.15) is 5.10 Å². The quantitative estimate of drug-likeness (QED) is 0.544. The van der Waals surface area contributed by atoms with Gasteiger partial charge in [-0.3, -0.25) is 0 Å². The highest BCUT2D eigenvalue weighted by Gasteiger charge is 2.17. The number of carbonyl (C=O) groups excluding carboxylic acids is 1. The Bertz CT molecular complexity index is 860. The van der Waals surface area contributed by atoms with Gasteiger partial charge in [-0.15, -0.1) is 0 Å². The Kier molecular flexibility index (Phi) is 4.12. The molecule has 0 amide bonds. The molecule has 0 unspecified atom stereocenters. The topological polar surface area (TPSA) is 57.0 Å². The molecule has 0 aliphatic carbocycles. The largest absolute Gasteiger partial charge is 0.464 e. The number of rotatable bonds is 3. The van der Waals surface area contributed by atoms with Crippen molar-refractivity contribution in [2.45, 2.75) is 6.92 Å². The van der Waals surface area contributed by atoms with Gasteiger partial charge in [0.15, 0.2) is 5.69 Å². The molecule has 2 aromatic heterocycles. The lowest BCUT2D eigenvalue weighted by molar-refractivity contribution is 0.0595. The number of aryl methyl sites for hydroxylation is 1. The number of aromatic nitrogens is 3. The first-order valence-electron chi connectivity index (χ1n) is 6.96. The van der Waals surface area contributed by atoms with Gasteiger partial charge in [-0.25, -0.2) is 14.5 Å². The van der Waals surface area contributed by atoms with E-state index in [2.05, 4.69) is 10.1 Å². The van der Waals surface area contributed by atoms with Crippen molar-refractivity contribution in [1.82, 2.24) is 14.8 Å². The molecule has 0 spiro atoms. The minimum absolute atomic E-state index is 0.204. The van der Waals surface area contributed by atoms with Crippen molar-refractivity contribution in [2.24, 2.45) is 0 Å². The summed E-state index contributed by atoms with van der Waals surface area (Å²) < 4.78 is 6.58. The molecule has 1 aromatic carbocycles. The van der Waals surface area contributed by atoms with Crippen LogP contribution in [-0.4, -0.2) is 27.8 Å². The third kappa shape index (κ3) is 2.96.